The second kappa shape index (κ2) is 9.84. The minimum atomic E-state index is 0.683. The number of aromatic nitrogens is 2. The largest absolute Gasteiger partial charge is 0.497 e. The minimum absolute atomic E-state index is 0.683. The molecule has 4 rings (SSSR count). The van der Waals surface area contributed by atoms with E-state index in [4.69, 9.17) is 4.74 Å². The van der Waals surface area contributed by atoms with E-state index in [2.05, 4.69) is 68.8 Å². The zero-order valence-corrected chi connectivity index (χ0v) is 18.9. The number of hydrogen-bond donors (Lipinski definition) is 0. The Hall–Kier alpha value is -2.05. The molecule has 2 aromatic rings. The number of aryl methyl sites for hydroxylation is 1. The standard InChI is InChI=1S/C24H37N5O/c1-4-11-29-20(2)21(17-25-29)18-26-12-5-6-23(19-26)28-15-13-27(14-16-28)22-7-9-24(30-3)10-8-22/h7-10,17,23H,4-6,11-16,18-19H2,1-3H3/t23-/m0/s1. The van der Waals surface area contributed by atoms with Gasteiger partial charge < -0.3 is 9.64 Å². The van der Waals surface area contributed by atoms with Crippen LogP contribution >= 0.6 is 0 Å². The van der Waals surface area contributed by atoms with Crippen molar-refractivity contribution in [2.24, 2.45) is 0 Å². The van der Waals surface area contributed by atoms with E-state index in [1.807, 2.05) is 0 Å². The third-order valence-electron chi connectivity index (χ3n) is 6.78. The van der Waals surface area contributed by atoms with Crippen molar-refractivity contribution in [1.29, 1.82) is 0 Å². The number of anilines is 1. The molecule has 0 amide bonds. The predicted octanol–water partition coefficient (Wildman–Crippen LogP) is 3.40. The number of benzene rings is 1. The number of likely N-dealkylation sites (tertiary alicyclic amines) is 1. The quantitative estimate of drug-likeness (QED) is 0.698. The molecule has 30 heavy (non-hydrogen) atoms. The predicted molar refractivity (Wildman–Crippen MR) is 122 cm³/mol. The highest BCUT2D eigenvalue weighted by atomic mass is 16.5. The molecular weight excluding hydrogens is 374 g/mol. The van der Waals surface area contributed by atoms with Crippen LogP contribution in [0.25, 0.3) is 0 Å². The SMILES string of the molecule is CCCn1ncc(CN2CCC[C@H](N3CCN(c4ccc(OC)cc4)CC3)C2)c1C. The van der Waals surface area contributed by atoms with Gasteiger partial charge in [0, 0.05) is 68.8 Å². The number of piperidine rings is 1. The lowest BCUT2D eigenvalue weighted by Gasteiger charge is -2.44. The van der Waals surface area contributed by atoms with Crippen LogP contribution in [-0.2, 0) is 13.1 Å². The molecule has 3 heterocycles. The summed E-state index contributed by atoms with van der Waals surface area (Å²) in [7, 11) is 1.72. The fourth-order valence-electron chi connectivity index (χ4n) is 4.93. The number of methoxy groups -OCH3 is 1. The smallest absolute Gasteiger partial charge is 0.119 e. The van der Waals surface area contributed by atoms with Gasteiger partial charge in [0.2, 0.25) is 0 Å². The maximum Gasteiger partial charge on any atom is 0.119 e. The van der Waals surface area contributed by atoms with Gasteiger partial charge in [0.15, 0.2) is 0 Å². The van der Waals surface area contributed by atoms with Crippen LogP contribution in [-0.4, -0.2) is 72.0 Å². The van der Waals surface area contributed by atoms with Gasteiger partial charge in [0.25, 0.3) is 0 Å². The van der Waals surface area contributed by atoms with Gasteiger partial charge in [-0.25, -0.2) is 0 Å². The first kappa shape index (κ1) is 21.2. The molecule has 0 unspecified atom stereocenters. The van der Waals surface area contributed by atoms with E-state index in [9.17, 15) is 0 Å². The monoisotopic (exact) mass is 411 g/mol. The van der Waals surface area contributed by atoms with E-state index in [1.54, 1.807) is 7.11 Å². The second-order valence-corrected chi connectivity index (χ2v) is 8.73. The van der Waals surface area contributed by atoms with Crippen molar-refractivity contribution in [3.05, 3.63) is 41.7 Å². The normalized spacial score (nSPS) is 21.2. The van der Waals surface area contributed by atoms with Crippen LogP contribution in [0.15, 0.2) is 30.5 Å². The highest BCUT2D eigenvalue weighted by Crippen LogP contribution is 2.24. The van der Waals surface area contributed by atoms with E-state index in [0.717, 1.165) is 51.4 Å². The molecule has 0 spiro atoms. The topological polar surface area (TPSA) is 36.8 Å². The lowest BCUT2D eigenvalue weighted by atomic mass is 10.0. The van der Waals surface area contributed by atoms with Gasteiger partial charge in [-0.3, -0.25) is 14.5 Å². The lowest BCUT2D eigenvalue weighted by molar-refractivity contribution is 0.0886. The Morgan fingerprint density at radius 3 is 2.53 bits per heavy atom. The summed E-state index contributed by atoms with van der Waals surface area (Å²) < 4.78 is 7.45. The molecule has 1 aromatic carbocycles. The van der Waals surface area contributed by atoms with Crippen molar-refractivity contribution in [3.63, 3.8) is 0 Å². The first-order chi connectivity index (χ1) is 14.7. The minimum Gasteiger partial charge on any atom is -0.497 e. The molecule has 1 atom stereocenters. The Kier molecular flexibility index (Phi) is 6.95. The van der Waals surface area contributed by atoms with Gasteiger partial charge in [0.1, 0.15) is 5.75 Å². The van der Waals surface area contributed by atoms with Crippen LogP contribution in [0.5, 0.6) is 5.75 Å². The number of nitrogens with zero attached hydrogens (tertiary/aromatic N) is 5. The average Bonchev–Trinajstić information content (AvgIpc) is 3.13. The van der Waals surface area contributed by atoms with Crippen LogP contribution in [0.1, 0.15) is 37.4 Å². The Morgan fingerprint density at radius 1 is 1.07 bits per heavy atom. The first-order valence-electron chi connectivity index (χ1n) is 11.5. The number of piperazine rings is 1. The summed E-state index contributed by atoms with van der Waals surface area (Å²) in [5.74, 6) is 0.926. The van der Waals surface area contributed by atoms with E-state index in [0.29, 0.717) is 6.04 Å². The number of ether oxygens (including phenoxy) is 1. The van der Waals surface area contributed by atoms with Gasteiger partial charge >= 0.3 is 0 Å². The Bertz CT molecular complexity index is 794. The van der Waals surface area contributed by atoms with Gasteiger partial charge in [-0.2, -0.15) is 5.10 Å². The maximum absolute atomic E-state index is 5.29. The molecule has 6 nitrogen and oxygen atoms in total. The Labute approximate surface area is 181 Å². The maximum atomic E-state index is 5.29. The number of hydrogen-bond acceptors (Lipinski definition) is 5. The summed E-state index contributed by atoms with van der Waals surface area (Å²) in [6, 6.07) is 9.16. The Morgan fingerprint density at radius 2 is 1.83 bits per heavy atom. The molecule has 0 aliphatic carbocycles. The average molecular weight is 412 g/mol. The lowest BCUT2D eigenvalue weighted by Crippen LogP contribution is -2.55. The van der Waals surface area contributed by atoms with E-state index >= 15 is 0 Å². The third-order valence-corrected chi connectivity index (χ3v) is 6.78. The van der Waals surface area contributed by atoms with Crippen LogP contribution in [0.3, 0.4) is 0 Å². The molecule has 6 heteroatoms. The van der Waals surface area contributed by atoms with Gasteiger partial charge in [0.05, 0.1) is 13.3 Å². The van der Waals surface area contributed by atoms with Gasteiger partial charge in [-0.1, -0.05) is 6.92 Å². The molecule has 0 radical (unpaired) electrons. The van der Waals surface area contributed by atoms with Crippen LogP contribution in [0.4, 0.5) is 5.69 Å². The fourth-order valence-corrected chi connectivity index (χ4v) is 4.93. The van der Waals surface area contributed by atoms with Crippen molar-refractivity contribution >= 4 is 5.69 Å². The van der Waals surface area contributed by atoms with Crippen molar-refractivity contribution in [2.75, 3.05) is 51.3 Å². The molecule has 2 aliphatic heterocycles. The summed E-state index contributed by atoms with van der Waals surface area (Å²) in [6.07, 6.45) is 5.84. The van der Waals surface area contributed by atoms with Crippen molar-refractivity contribution in [2.45, 2.75) is 52.2 Å². The van der Waals surface area contributed by atoms with Crippen molar-refractivity contribution in [1.82, 2.24) is 19.6 Å². The summed E-state index contributed by atoms with van der Waals surface area (Å²) in [4.78, 5) is 7.87. The molecule has 1 aromatic heterocycles. The molecule has 0 bridgehead atoms. The third kappa shape index (κ3) is 4.81. The second-order valence-electron chi connectivity index (χ2n) is 8.73. The molecule has 2 fully saturated rings. The first-order valence-corrected chi connectivity index (χ1v) is 11.5. The highest BCUT2D eigenvalue weighted by Gasteiger charge is 2.28. The van der Waals surface area contributed by atoms with Crippen molar-refractivity contribution < 1.29 is 4.74 Å². The Balaban J connectivity index is 1.30. The summed E-state index contributed by atoms with van der Waals surface area (Å²) in [5, 5.41) is 4.59. The fraction of sp³-hybridized carbons (Fsp3) is 0.625. The zero-order chi connectivity index (χ0) is 20.9. The molecule has 164 valence electrons. The summed E-state index contributed by atoms with van der Waals surface area (Å²) in [6.45, 7) is 13.4. The van der Waals surface area contributed by atoms with E-state index in [-0.39, 0.29) is 0 Å². The van der Waals surface area contributed by atoms with Crippen LogP contribution in [0.2, 0.25) is 0 Å². The summed E-state index contributed by atoms with van der Waals surface area (Å²) >= 11 is 0. The van der Waals surface area contributed by atoms with Crippen LogP contribution in [0, 0.1) is 6.92 Å². The number of rotatable bonds is 7. The van der Waals surface area contributed by atoms with Crippen molar-refractivity contribution in [3.8, 4) is 5.75 Å². The van der Waals surface area contributed by atoms with Gasteiger partial charge in [-0.05, 0) is 57.0 Å². The van der Waals surface area contributed by atoms with Crippen LogP contribution < -0.4 is 9.64 Å². The highest BCUT2D eigenvalue weighted by molar-refractivity contribution is 5.49. The molecular formula is C24H37N5O. The van der Waals surface area contributed by atoms with Gasteiger partial charge in [-0.15, -0.1) is 0 Å². The molecule has 2 saturated heterocycles. The molecule has 2 aliphatic rings. The van der Waals surface area contributed by atoms with E-state index < -0.39 is 0 Å². The summed E-state index contributed by atoms with van der Waals surface area (Å²) in [5.41, 5.74) is 4.04. The molecule has 0 saturated carbocycles. The molecule has 0 N–H and O–H groups in total. The van der Waals surface area contributed by atoms with E-state index in [1.165, 1.54) is 42.9 Å². The zero-order valence-electron chi connectivity index (χ0n) is 18.9.